The molecule has 0 saturated heterocycles. The van der Waals surface area contributed by atoms with Crippen LogP contribution in [0.5, 0.6) is 0 Å². The molecule has 0 spiro atoms. The number of amides is 1. The fourth-order valence-electron chi connectivity index (χ4n) is 1.39. The molecular weight excluding hydrogens is 178 g/mol. The van der Waals surface area contributed by atoms with Crippen LogP contribution in [-0.2, 0) is 11.3 Å². The Morgan fingerprint density at radius 3 is 3.00 bits per heavy atom. The van der Waals surface area contributed by atoms with Gasteiger partial charge in [-0.1, -0.05) is 24.3 Å². The molecule has 72 valence electrons. The summed E-state index contributed by atoms with van der Waals surface area (Å²) in [5.41, 5.74) is 7.53. The Morgan fingerprint density at radius 1 is 1.43 bits per heavy atom. The number of carbonyl (C=O) groups is 1. The molecular formula is C10H11N3O. The maximum atomic E-state index is 10.7. The number of aliphatic imine (C=N–C) groups is 1. The van der Waals surface area contributed by atoms with Crippen molar-refractivity contribution >= 4 is 11.7 Å². The fourth-order valence-corrected chi connectivity index (χ4v) is 1.39. The lowest BCUT2D eigenvalue weighted by Gasteiger charge is -2.06. The zero-order valence-corrected chi connectivity index (χ0v) is 7.87. The summed E-state index contributed by atoms with van der Waals surface area (Å²) >= 11 is 0. The number of hydrogen-bond donors (Lipinski definition) is 2. The minimum atomic E-state index is -0.128. The monoisotopic (exact) mass is 189 g/mol. The molecule has 1 aromatic rings. The third-order valence-electron chi connectivity index (χ3n) is 2.04. The summed E-state index contributed by atoms with van der Waals surface area (Å²) in [6.45, 7) is 2.13. The summed E-state index contributed by atoms with van der Waals surface area (Å²) in [4.78, 5) is 15.0. The van der Waals surface area contributed by atoms with Crippen LogP contribution in [-0.4, -0.2) is 11.7 Å². The van der Waals surface area contributed by atoms with E-state index in [1.165, 1.54) is 12.5 Å². The predicted octanol–water partition coefficient (Wildman–Crippen LogP) is 0.587. The molecule has 4 nitrogen and oxygen atoms in total. The highest BCUT2D eigenvalue weighted by atomic mass is 16.2. The Kier molecular flexibility index (Phi) is 2.18. The Labute approximate surface area is 82.0 Å². The summed E-state index contributed by atoms with van der Waals surface area (Å²) in [6.07, 6.45) is 0. The second-order valence-electron chi connectivity index (χ2n) is 3.13. The summed E-state index contributed by atoms with van der Waals surface area (Å²) in [7, 11) is 0. The molecule has 0 unspecified atom stereocenters. The third-order valence-corrected chi connectivity index (χ3v) is 2.04. The molecule has 0 atom stereocenters. The van der Waals surface area contributed by atoms with E-state index in [1.807, 2.05) is 24.3 Å². The molecule has 0 bridgehead atoms. The number of hydrazine groups is 1. The summed E-state index contributed by atoms with van der Waals surface area (Å²) in [5.74, 6) is 0.605. The van der Waals surface area contributed by atoms with Crippen LogP contribution in [0, 0.1) is 0 Å². The molecule has 2 rings (SSSR count). The second-order valence-corrected chi connectivity index (χ2v) is 3.13. The molecule has 14 heavy (non-hydrogen) atoms. The molecule has 0 saturated carbocycles. The molecule has 2 N–H and O–H groups in total. The summed E-state index contributed by atoms with van der Waals surface area (Å²) in [5, 5.41) is 0. The van der Waals surface area contributed by atoms with Gasteiger partial charge in [0, 0.05) is 12.5 Å². The van der Waals surface area contributed by atoms with Gasteiger partial charge >= 0.3 is 0 Å². The quantitative estimate of drug-likeness (QED) is 0.587. The Bertz CT molecular complexity index is 398. The lowest BCUT2D eigenvalue weighted by atomic mass is 10.1. The van der Waals surface area contributed by atoms with E-state index < -0.39 is 0 Å². The standard InChI is InChI=1S/C10H11N3O/c1-7(14)12-13-10-9-5-3-2-4-8(9)6-11-10/h2-5H,6H2,1H3,(H,11,13)(H,12,14). The average molecular weight is 189 g/mol. The number of benzene rings is 1. The van der Waals surface area contributed by atoms with Gasteiger partial charge in [0.1, 0.15) is 5.84 Å². The van der Waals surface area contributed by atoms with Gasteiger partial charge in [-0.15, -0.1) is 0 Å². The van der Waals surface area contributed by atoms with Crippen LogP contribution >= 0.6 is 0 Å². The van der Waals surface area contributed by atoms with Crippen molar-refractivity contribution < 1.29 is 4.79 Å². The van der Waals surface area contributed by atoms with Crippen molar-refractivity contribution in [2.45, 2.75) is 13.5 Å². The Morgan fingerprint density at radius 2 is 2.21 bits per heavy atom. The minimum absolute atomic E-state index is 0.128. The first-order chi connectivity index (χ1) is 6.77. The van der Waals surface area contributed by atoms with E-state index in [-0.39, 0.29) is 5.91 Å². The molecule has 1 aliphatic rings. The van der Waals surface area contributed by atoms with Crippen LogP contribution in [0.2, 0.25) is 0 Å². The van der Waals surface area contributed by atoms with Crippen LogP contribution in [0.3, 0.4) is 0 Å². The van der Waals surface area contributed by atoms with Crippen LogP contribution in [0.4, 0.5) is 0 Å². The van der Waals surface area contributed by atoms with Crippen molar-refractivity contribution in [3.63, 3.8) is 0 Å². The van der Waals surface area contributed by atoms with Crippen LogP contribution in [0.1, 0.15) is 18.1 Å². The highest BCUT2D eigenvalue weighted by molar-refractivity contribution is 6.02. The van der Waals surface area contributed by atoms with Crippen molar-refractivity contribution in [3.05, 3.63) is 35.4 Å². The van der Waals surface area contributed by atoms with E-state index >= 15 is 0 Å². The van der Waals surface area contributed by atoms with Gasteiger partial charge in [-0.25, -0.2) is 0 Å². The highest BCUT2D eigenvalue weighted by Crippen LogP contribution is 2.16. The summed E-state index contributed by atoms with van der Waals surface area (Å²) in [6, 6.07) is 7.95. The number of rotatable bonds is 0. The number of fused-ring (bicyclic) bond motifs is 1. The normalized spacial score (nSPS) is 13.1. The lowest BCUT2D eigenvalue weighted by molar-refractivity contribution is -0.119. The van der Waals surface area contributed by atoms with Crippen molar-refractivity contribution in [3.8, 4) is 0 Å². The van der Waals surface area contributed by atoms with Gasteiger partial charge in [0.05, 0.1) is 6.54 Å². The lowest BCUT2D eigenvalue weighted by Crippen LogP contribution is -2.40. The first kappa shape index (κ1) is 8.74. The fraction of sp³-hybridized carbons (Fsp3) is 0.200. The van der Waals surface area contributed by atoms with Gasteiger partial charge in [0.25, 0.3) is 0 Å². The zero-order chi connectivity index (χ0) is 9.97. The van der Waals surface area contributed by atoms with Crippen molar-refractivity contribution in [2.24, 2.45) is 4.99 Å². The zero-order valence-electron chi connectivity index (χ0n) is 7.87. The number of nitrogens with zero attached hydrogens (tertiary/aromatic N) is 1. The third kappa shape index (κ3) is 1.59. The second kappa shape index (κ2) is 3.49. The van der Waals surface area contributed by atoms with Gasteiger partial charge in [-0.2, -0.15) is 0 Å². The van der Waals surface area contributed by atoms with Gasteiger partial charge in [0.2, 0.25) is 5.91 Å². The van der Waals surface area contributed by atoms with Crippen LogP contribution < -0.4 is 10.9 Å². The van der Waals surface area contributed by atoms with Crippen LogP contribution in [0.25, 0.3) is 0 Å². The van der Waals surface area contributed by atoms with Gasteiger partial charge in [0.15, 0.2) is 0 Å². The molecule has 0 aliphatic carbocycles. The topological polar surface area (TPSA) is 53.5 Å². The molecule has 1 aromatic carbocycles. The molecule has 4 heteroatoms. The number of carbonyl (C=O) groups excluding carboxylic acids is 1. The highest BCUT2D eigenvalue weighted by Gasteiger charge is 2.14. The van der Waals surface area contributed by atoms with E-state index in [4.69, 9.17) is 0 Å². The molecule has 1 aliphatic heterocycles. The number of hydrogen-bond acceptors (Lipinski definition) is 3. The van der Waals surface area contributed by atoms with Gasteiger partial charge in [-0.05, 0) is 5.56 Å². The smallest absolute Gasteiger partial charge is 0.235 e. The predicted molar refractivity (Wildman–Crippen MR) is 53.6 cm³/mol. The largest absolute Gasteiger partial charge is 0.282 e. The van der Waals surface area contributed by atoms with Crippen LogP contribution in [0.15, 0.2) is 29.3 Å². The van der Waals surface area contributed by atoms with E-state index in [2.05, 4.69) is 15.8 Å². The van der Waals surface area contributed by atoms with Crippen molar-refractivity contribution in [1.82, 2.24) is 10.9 Å². The maximum absolute atomic E-state index is 10.7. The number of nitrogens with one attached hydrogen (secondary N) is 2. The van der Waals surface area contributed by atoms with E-state index in [0.717, 1.165) is 11.4 Å². The molecule has 0 fully saturated rings. The first-order valence-electron chi connectivity index (χ1n) is 4.42. The average Bonchev–Trinajstić information content (AvgIpc) is 2.58. The Balaban J connectivity index is 2.13. The number of amidine groups is 1. The minimum Gasteiger partial charge on any atom is -0.282 e. The molecule has 1 heterocycles. The van der Waals surface area contributed by atoms with Crippen molar-refractivity contribution in [2.75, 3.05) is 0 Å². The van der Waals surface area contributed by atoms with Gasteiger partial charge in [-0.3, -0.25) is 20.6 Å². The van der Waals surface area contributed by atoms with Crippen molar-refractivity contribution in [1.29, 1.82) is 0 Å². The van der Waals surface area contributed by atoms with E-state index in [0.29, 0.717) is 6.54 Å². The molecule has 0 radical (unpaired) electrons. The SMILES string of the molecule is CC(=O)NNC1=NCc2ccccc21. The van der Waals surface area contributed by atoms with E-state index in [1.54, 1.807) is 0 Å². The molecule has 0 aromatic heterocycles. The maximum Gasteiger partial charge on any atom is 0.235 e. The van der Waals surface area contributed by atoms with Gasteiger partial charge < -0.3 is 0 Å². The van der Waals surface area contributed by atoms with E-state index in [9.17, 15) is 4.79 Å². The first-order valence-corrected chi connectivity index (χ1v) is 4.42. The Hall–Kier alpha value is -1.84. The molecule has 1 amide bonds. The summed E-state index contributed by atoms with van der Waals surface area (Å²) < 4.78 is 0.